The lowest BCUT2D eigenvalue weighted by molar-refractivity contribution is 0.619. The van der Waals surface area contributed by atoms with E-state index in [0.717, 1.165) is 27.8 Å². The summed E-state index contributed by atoms with van der Waals surface area (Å²) in [5.74, 6) is -0.297. The first kappa shape index (κ1) is 13.5. The van der Waals surface area contributed by atoms with Crippen molar-refractivity contribution in [2.45, 2.75) is 13.8 Å². The predicted octanol–water partition coefficient (Wildman–Crippen LogP) is 5.21. The van der Waals surface area contributed by atoms with Crippen molar-refractivity contribution in [3.63, 3.8) is 0 Å². The van der Waals surface area contributed by atoms with Crippen LogP contribution in [0, 0.1) is 24.4 Å². The highest BCUT2D eigenvalue weighted by Crippen LogP contribution is 2.27. The molecule has 0 atom stereocenters. The molecule has 3 rings (SSSR count). The third-order valence-corrected chi connectivity index (χ3v) is 4.30. The Hall–Kier alpha value is -1.46. The van der Waals surface area contributed by atoms with Crippen LogP contribution >= 0.6 is 28.1 Å². The number of hydrogen-bond donors (Lipinski definition) is 1. The number of nitrogens with one attached hydrogen (secondary N) is 1. The summed E-state index contributed by atoms with van der Waals surface area (Å²) in [5.41, 5.74) is 4.77. The van der Waals surface area contributed by atoms with Crippen molar-refractivity contribution in [3.05, 3.63) is 56.5 Å². The number of aryl methyl sites for hydroxylation is 2. The highest BCUT2D eigenvalue weighted by Gasteiger charge is 2.12. The van der Waals surface area contributed by atoms with Gasteiger partial charge in [0.05, 0.1) is 21.2 Å². The predicted molar refractivity (Wildman–Crippen MR) is 85.6 cm³/mol. The number of halogens is 2. The van der Waals surface area contributed by atoms with Gasteiger partial charge in [0.2, 0.25) is 0 Å². The van der Waals surface area contributed by atoms with Crippen molar-refractivity contribution in [1.29, 1.82) is 0 Å². The largest absolute Gasteiger partial charge is 0.330 e. The fourth-order valence-corrected chi connectivity index (χ4v) is 3.15. The van der Waals surface area contributed by atoms with Gasteiger partial charge in [-0.3, -0.25) is 4.57 Å². The molecule has 0 radical (unpaired) electrons. The first-order valence-corrected chi connectivity index (χ1v) is 7.35. The third-order valence-electron chi connectivity index (χ3n) is 3.41. The summed E-state index contributed by atoms with van der Waals surface area (Å²) < 4.78 is 16.8. The molecule has 0 unspecified atom stereocenters. The van der Waals surface area contributed by atoms with Crippen molar-refractivity contribution in [2.24, 2.45) is 0 Å². The summed E-state index contributed by atoms with van der Waals surface area (Å²) >= 11 is 8.61. The van der Waals surface area contributed by atoms with Gasteiger partial charge in [0.1, 0.15) is 5.82 Å². The second kappa shape index (κ2) is 4.82. The second-order valence-electron chi connectivity index (χ2n) is 4.79. The Morgan fingerprint density at radius 3 is 2.70 bits per heavy atom. The molecule has 1 heterocycles. The minimum atomic E-state index is -0.297. The molecule has 0 aliphatic carbocycles. The van der Waals surface area contributed by atoms with Gasteiger partial charge in [-0.1, -0.05) is 12.1 Å². The molecule has 0 aliphatic rings. The number of rotatable bonds is 1. The van der Waals surface area contributed by atoms with Gasteiger partial charge in [-0.05, 0) is 71.3 Å². The van der Waals surface area contributed by atoms with Gasteiger partial charge in [-0.15, -0.1) is 0 Å². The van der Waals surface area contributed by atoms with Gasteiger partial charge < -0.3 is 4.98 Å². The SMILES string of the molecule is Cc1cc(Br)c(F)cc1-n1c(=S)[nH]c2c(C)cccc21. The fraction of sp³-hybridized carbons (Fsp3) is 0.133. The molecule has 2 nitrogen and oxygen atoms in total. The highest BCUT2D eigenvalue weighted by atomic mass is 79.9. The van der Waals surface area contributed by atoms with E-state index in [9.17, 15) is 4.39 Å². The molecular formula is C15H12BrFN2S. The molecule has 1 aromatic heterocycles. The Kier molecular flexibility index (Phi) is 3.26. The van der Waals surface area contributed by atoms with Gasteiger partial charge in [-0.2, -0.15) is 0 Å². The van der Waals surface area contributed by atoms with E-state index in [1.807, 2.05) is 36.6 Å². The lowest BCUT2D eigenvalue weighted by atomic mass is 10.1. The summed E-state index contributed by atoms with van der Waals surface area (Å²) in [4.78, 5) is 3.20. The van der Waals surface area contributed by atoms with Crippen molar-refractivity contribution in [1.82, 2.24) is 9.55 Å². The minimum Gasteiger partial charge on any atom is -0.330 e. The van der Waals surface area contributed by atoms with Gasteiger partial charge in [0, 0.05) is 0 Å². The number of para-hydroxylation sites is 1. The van der Waals surface area contributed by atoms with Gasteiger partial charge in [0.15, 0.2) is 4.77 Å². The number of fused-ring (bicyclic) bond motifs is 1. The van der Waals surface area contributed by atoms with E-state index < -0.39 is 0 Å². The first-order valence-electron chi connectivity index (χ1n) is 6.15. The van der Waals surface area contributed by atoms with E-state index in [-0.39, 0.29) is 5.82 Å². The standard InChI is InChI=1S/C15H12BrFN2S/c1-8-4-3-5-12-14(8)18-15(20)19(12)13-7-11(17)10(16)6-9(13)2/h3-7H,1-2H3,(H,18,20). The van der Waals surface area contributed by atoms with E-state index in [2.05, 4.69) is 20.9 Å². The zero-order valence-electron chi connectivity index (χ0n) is 11.0. The van der Waals surface area contributed by atoms with Crippen LogP contribution in [0.2, 0.25) is 0 Å². The monoisotopic (exact) mass is 350 g/mol. The average Bonchev–Trinajstić information content (AvgIpc) is 2.72. The van der Waals surface area contributed by atoms with Crippen LogP contribution in [0.4, 0.5) is 4.39 Å². The molecule has 2 aromatic carbocycles. The maximum atomic E-state index is 13.9. The Bertz CT molecular complexity index is 879. The molecule has 0 fully saturated rings. The topological polar surface area (TPSA) is 20.7 Å². The molecule has 3 aromatic rings. The average molecular weight is 351 g/mol. The highest BCUT2D eigenvalue weighted by molar-refractivity contribution is 9.10. The molecular weight excluding hydrogens is 339 g/mol. The summed E-state index contributed by atoms with van der Waals surface area (Å²) in [6.07, 6.45) is 0. The molecule has 0 spiro atoms. The van der Waals surface area contributed by atoms with E-state index in [1.165, 1.54) is 6.07 Å². The number of aromatic nitrogens is 2. The molecule has 0 amide bonds. The summed E-state index contributed by atoms with van der Waals surface area (Å²) in [6, 6.07) is 9.24. The lowest BCUT2D eigenvalue weighted by Crippen LogP contribution is -1.98. The quantitative estimate of drug-likeness (QED) is 0.597. The van der Waals surface area contributed by atoms with Crippen LogP contribution in [-0.2, 0) is 0 Å². The Morgan fingerprint density at radius 1 is 1.20 bits per heavy atom. The summed E-state index contributed by atoms with van der Waals surface area (Å²) in [7, 11) is 0. The molecule has 1 N–H and O–H groups in total. The van der Waals surface area contributed by atoms with Crippen LogP contribution in [0.5, 0.6) is 0 Å². The molecule has 5 heteroatoms. The van der Waals surface area contributed by atoms with Crippen molar-refractivity contribution in [2.75, 3.05) is 0 Å². The van der Waals surface area contributed by atoms with E-state index in [1.54, 1.807) is 6.07 Å². The summed E-state index contributed by atoms with van der Waals surface area (Å²) in [6.45, 7) is 3.96. The van der Waals surface area contributed by atoms with Crippen molar-refractivity contribution < 1.29 is 4.39 Å². The van der Waals surface area contributed by atoms with E-state index >= 15 is 0 Å². The zero-order valence-corrected chi connectivity index (χ0v) is 13.4. The lowest BCUT2D eigenvalue weighted by Gasteiger charge is -2.10. The molecule has 0 aliphatic heterocycles. The summed E-state index contributed by atoms with van der Waals surface area (Å²) in [5, 5.41) is 0. The van der Waals surface area contributed by atoms with Crippen molar-refractivity contribution in [3.8, 4) is 5.69 Å². The van der Waals surface area contributed by atoms with E-state index in [4.69, 9.17) is 12.2 Å². The molecule has 102 valence electrons. The van der Waals surface area contributed by atoms with Crippen LogP contribution in [0.3, 0.4) is 0 Å². The zero-order chi connectivity index (χ0) is 14.4. The number of imidazole rings is 1. The Morgan fingerprint density at radius 2 is 1.95 bits per heavy atom. The maximum absolute atomic E-state index is 13.9. The Labute approximate surface area is 129 Å². The van der Waals surface area contributed by atoms with Gasteiger partial charge in [-0.25, -0.2) is 4.39 Å². The van der Waals surface area contributed by atoms with Gasteiger partial charge in [0.25, 0.3) is 0 Å². The maximum Gasteiger partial charge on any atom is 0.182 e. The van der Waals surface area contributed by atoms with Crippen LogP contribution in [-0.4, -0.2) is 9.55 Å². The molecule has 0 bridgehead atoms. The van der Waals surface area contributed by atoms with Crippen LogP contribution < -0.4 is 0 Å². The second-order valence-corrected chi connectivity index (χ2v) is 6.03. The normalized spacial score (nSPS) is 11.2. The fourth-order valence-electron chi connectivity index (χ4n) is 2.39. The first-order chi connectivity index (χ1) is 9.49. The Balaban J connectivity index is 2.41. The van der Waals surface area contributed by atoms with Crippen LogP contribution in [0.25, 0.3) is 16.7 Å². The third kappa shape index (κ3) is 2.01. The minimum absolute atomic E-state index is 0.297. The van der Waals surface area contributed by atoms with Crippen molar-refractivity contribution >= 4 is 39.2 Å². The molecule has 0 saturated carbocycles. The van der Waals surface area contributed by atoms with Gasteiger partial charge >= 0.3 is 0 Å². The smallest absolute Gasteiger partial charge is 0.182 e. The number of benzene rings is 2. The van der Waals surface area contributed by atoms with E-state index in [0.29, 0.717) is 9.24 Å². The van der Waals surface area contributed by atoms with Crippen LogP contribution in [0.1, 0.15) is 11.1 Å². The number of aromatic amines is 1. The number of hydrogen-bond acceptors (Lipinski definition) is 1. The number of H-pyrrole nitrogens is 1. The molecule has 20 heavy (non-hydrogen) atoms. The van der Waals surface area contributed by atoms with Crippen LogP contribution in [0.15, 0.2) is 34.8 Å². The number of nitrogens with zero attached hydrogens (tertiary/aromatic N) is 1. The molecule has 0 saturated heterocycles.